The van der Waals surface area contributed by atoms with Gasteiger partial charge in [-0.3, -0.25) is 4.79 Å². The Kier molecular flexibility index (Phi) is 6.11. The number of aryl methyl sites for hydroxylation is 1. The van der Waals surface area contributed by atoms with Gasteiger partial charge in [-0.15, -0.1) is 0 Å². The molecule has 0 saturated carbocycles. The van der Waals surface area contributed by atoms with E-state index in [1.807, 2.05) is 34.0 Å². The second-order valence-electron chi connectivity index (χ2n) is 5.81. The van der Waals surface area contributed by atoms with E-state index in [1.165, 1.54) is 0 Å². The molecular formula is C17H22ClN5O. The number of likely N-dealkylation sites (N-methyl/N-ethyl adjacent to an activating group) is 1. The minimum Gasteiger partial charge on any atom is -0.353 e. The van der Waals surface area contributed by atoms with Crippen LogP contribution < -0.4 is 10.6 Å². The van der Waals surface area contributed by atoms with Crippen molar-refractivity contribution in [3.05, 3.63) is 46.2 Å². The predicted octanol–water partition coefficient (Wildman–Crippen LogP) is 2.97. The molecule has 2 rings (SSSR count). The lowest BCUT2D eigenvalue weighted by Crippen LogP contribution is -2.22. The first kappa shape index (κ1) is 18.2. The van der Waals surface area contributed by atoms with Crippen LogP contribution in [-0.2, 0) is 0 Å². The molecule has 2 N–H and O–H groups in total. The minimum absolute atomic E-state index is 0.290. The van der Waals surface area contributed by atoms with Crippen LogP contribution in [-0.4, -0.2) is 48.0 Å². The molecule has 0 bridgehead atoms. The normalized spacial score (nSPS) is 10.8. The van der Waals surface area contributed by atoms with Gasteiger partial charge >= 0.3 is 0 Å². The van der Waals surface area contributed by atoms with Gasteiger partial charge in [0.25, 0.3) is 5.91 Å². The number of hydrogen-bond donors (Lipinski definition) is 2. The summed E-state index contributed by atoms with van der Waals surface area (Å²) in [5, 5.41) is 6.59. The fraction of sp³-hybridized carbons (Fsp3) is 0.353. The summed E-state index contributed by atoms with van der Waals surface area (Å²) in [6, 6.07) is 7.05. The van der Waals surface area contributed by atoms with Crippen molar-refractivity contribution in [1.29, 1.82) is 0 Å². The Labute approximate surface area is 147 Å². The van der Waals surface area contributed by atoms with Crippen molar-refractivity contribution in [3.8, 4) is 0 Å². The quantitative estimate of drug-likeness (QED) is 0.840. The number of carbonyl (C=O) groups excluding carboxylic acids is 1. The van der Waals surface area contributed by atoms with E-state index >= 15 is 0 Å². The van der Waals surface area contributed by atoms with Crippen molar-refractivity contribution in [3.63, 3.8) is 0 Å². The maximum atomic E-state index is 12.5. The highest BCUT2D eigenvalue weighted by Gasteiger charge is 2.13. The Morgan fingerprint density at radius 2 is 2.00 bits per heavy atom. The molecule has 1 aromatic heterocycles. The fourth-order valence-corrected chi connectivity index (χ4v) is 2.26. The van der Waals surface area contributed by atoms with Gasteiger partial charge in [-0.1, -0.05) is 17.7 Å². The first-order valence-corrected chi connectivity index (χ1v) is 8.05. The van der Waals surface area contributed by atoms with Crippen molar-refractivity contribution in [2.24, 2.45) is 0 Å². The second-order valence-corrected chi connectivity index (χ2v) is 6.22. The average molecular weight is 348 g/mol. The molecule has 128 valence electrons. The summed E-state index contributed by atoms with van der Waals surface area (Å²) in [5.41, 5.74) is 2.54. The highest BCUT2D eigenvalue weighted by Crippen LogP contribution is 2.23. The number of hydrogen-bond acceptors (Lipinski definition) is 5. The Morgan fingerprint density at radius 3 is 2.71 bits per heavy atom. The molecule has 24 heavy (non-hydrogen) atoms. The fourth-order valence-electron chi connectivity index (χ4n) is 2.08. The minimum atomic E-state index is -0.290. The lowest BCUT2D eigenvalue weighted by Gasteiger charge is -2.12. The number of aromatic nitrogens is 2. The van der Waals surface area contributed by atoms with Gasteiger partial charge in [0.05, 0.1) is 0 Å². The van der Waals surface area contributed by atoms with Gasteiger partial charge in [-0.2, -0.15) is 0 Å². The number of rotatable bonds is 6. The zero-order valence-corrected chi connectivity index (χ0v) is 15.1. The standard InChI is InChI=1S/C17H22ClN5O/c1-11-10-15(22-17(20-11)19-8-9-23(3)4)16(24)21-14-7-5-6-13(18)12(14)2/h5-7,10H,8-9H2,1-4H3,(H,21,24)(H,19,20,22). The van der Waals surface area contributed by atoms with Crippen molar-refractivity contribution in [1.82, 2.24) is 14.9 Å². The van der Waals surface area contributed by atoms with Crippen molar-refractivity contribution >= 4 is 29.1 Å². The van der Waals surface area contributed by atoms with E-state index in [1.54, 1.807) is 18.2 Å². The molecule has 1 heterocycles. The van der Waals surface area contributed by atoms with Gasteiger partial charge in [0.2, 0.25) is 5.95 Å². The molecule has 0 aliphatic carbocycles. The predicted molar refractivity (Wildman–Crippen MR) is 98.0 cm³/mol. The average Bonchev–Trinajstić information content (AvgIpc) is 2.51. The summed E-state index contributed by atoms with van der Waals surface area (Å²) < 4.78 is 0. The molecule has 0 aliphatic rings. The van der Waals surface area contributed by atoms with E-state index in [-0.39, 0.29) is 5.91 Å². The van der Waals surface area contributed by atoms with Crippen LogP contribution in [0, 0.1) is 13.8 Å². The van der Waals surface area contributed by atoms with E-state index in [2.05, 4.69) is 25.5 Å². The Hall–Kier alpha value is -2.18. The molecule has 6 nitrogen and oxygen atoms in total. The number of amides is 1. The van der Waals surface area contributed by atoms with E-state index in [9.17, 15) is 4.79 Å². The van der Waals surface area contributed by atoms with Crippen LogP contribution in [0.25, 0.3) is 0 Å². The maximum Gasteiger partial charge on any atom is 0.274 e. The molecule has 0 spiro atoms. The van der Waals surface area contributed by atoms with Crippen molar-refractivity contribution < 1.29 is 4.79 Å². The van der Waals surface area contributed by atoms with Gasteiger partial charge in [0.1, 0.15) is 5.69 Å². The number of anilines is 2. The van der Waals surface area contributed by atoms with Crippen molar-refractivity contribution in [2.75, 3.05) is 37.8 Å². The molecule has 7 heteroatoms. The first-order valence-electron chi connectivity index (χ1n) is 7.67. The molecule has 2 aromatic rings. The topological polar surface area (TPSA) is 70.2 Å². The molecule has 0 radical (unpaired) electrons. The van der Waals surface area contributed by atoms with Crippen LogP contribution in [0.5, 0.6) is 0 Å². The second kappa shape index (κ2) is 8.08. The smallest absolute Gasteiger partial charge is 0.274 e. The van der Waals surface area contributed by atoms with Gasteiger partial charge in [-0.25, -0.2) is 9.97 Å². The largest absolute Gasteiger partial charge is 0.353 e. The van der Waals surface area contributed by atoms with E-state index in [4.69, 9.17) is 11.6 Å². The summed E-state index contributed by atoms with van der Waals surface area (Å²) in [6.45, 7) is 5.24. The summed E-state index contributed by atoms with van der Waals surface area (Å²) >= 11 is 6.09. The molecule has 0 unspecified atom stereocenters. The maximum absolute atomic E-state index is 12.5. The lowest BCUT2D eigenvalue weighted by molar-refractivity contribution is 0.102. The van der Waals surface area contributed by atoms with Crippen LogP contribution in [0.15, 0.2) is 24.3 Å². The number of carbonyl (C=O) groups is 1. The molecular weight excluding hydrogens is 326 g/mol. The van der Waals surface area contributed by atoms with Crippen LogP contribution in [0.4, 0.5) is 11.6 Å². The third-order valence-corrected chi connectivity index (χ3v) is 3.85. The molecule has 0 aliphatic heterocycles. The van der Waals surface area contributed by atoms with E-state index in [0.29, 0.717) is 28.9 Å². The lowest BCUT2D eigenvalue weighted by atomic mass is 10.2. The van der Waals surface area contributed by atoms with Gasteiger partial charge in [-0.05, 0) is 51.7 Å². The molecule has 0 fully saturated rings. The van der Waals surface area contributed by atoms with Crippen LogP contribution in [0.1, 0.15) is 21.7 Å². The highest BCUT2D eigenvalue weighted by molar-refractivity contribution is 6.31. The van der Waals surface area contributed by atoms with Gasteiger partial charge in [0.15, 0.2) is 0 Å². The van der Waals surface area contributed by atoms with E-state index < -0.39 is 0 Å². The number of benzene rings is 1. The monoisotopic (exact) mass is 347 g/mol. The SMILES string of the molecule is Cc1cc(C(=O)Nc2cccc(Cl)c2C)nc(NCCN(C)C)n1. The molecule has 1 amide bonds. The summed E-state index contributed by atoms with van der Waals surface area (Å²) in [4.78, 5) is 23.1. The van der Waals surface area contributed by atoms with Crippen molar-refractivity contribution in [2.45, 2.75) is 13.8 Å². The zero-order valence-electron chi connectivity index (χ0n) is 14.4. The summed E-state index contributed by atoms with van der Waals surface area (Å²) in [5.74, 6) is 0.159. The van der Waals surface area contributed by atoms with Crippen LogP contribution in [0.2, 0.25) is 5.02 Å². The summed E-state index contributed by atoms with van der Waals surface area (Å²) in [6.07, 6.45) is 0. The highest BCUT2D eigenvalue weighted by atomic mass is 35.5. The number of nitrogens with one attached hydrogen (secondary N) is 2. The number of nitrogens with zero attached hydrogens (tertiary/aromatic N) is 3. The third-order valence-electron chi connectivity index (χ3n) is 3.44. The molecule has 0 saturated heterocycles. The molecule has 1 aromatic carbocycles. The Bertz CT molecular complexity index is 733. The molecule has 0 atom stereocenters. The van der Waals surface area contributed by atoms with Gasteiger partial charge < -0.3 is 15.5 Å². The van der Waals surface area contributed by atoms with Crippen LogP contribution >= 0.6 is 11.6 Å². The van der Waals surface area contributed by atoms with E-state index in [0.717, 1.165) is 17.8 Å². The zero-order chi connectivity index (χ0) is 17.7. The third kappa shape index (κ3) is 4.91. The summed E-state index contributed by atoms with van der Waals surface area (Å²) in [7, 11) is 3.98. The number of halogens is 1. The van der Waals surface area contributed by atoms with Crippen LogP contribution in [0.3, 0.4) is 0 Å². The Morgan fingerprint density at radius 1 is 1.25 bits per heavy atom. The Balaban J connectivity index is 2.14. The van der Waals surface area contributed by atoms with Gasteiger partial charge in [0, 0.05) is 29.5 Å². The first-order chi connectivity index (χ1) is 11.4.